The predicted molar refractivity (Wildman–Crippen MR) is 88.9 cm³/mol. The monoisotopic (exact) mass is 330 g/mol. The molecule has 3 heterocycles. The van der Waals surface area contributed by atoms with Gasteiger partial charge in [-0.25, -0.2) is 15.0 Å². The van der Waals surface area contributed by atoms with Crippen LogP contribution in [0.5, 0.6) is 0 Å². The van der Waals surface area contributed by atoms with E-state index >= 15 is 0 Å². The summed E-state index contributed by atoms with van der Waals surface area (Å²) in [6.45, 7) is 3.20. The molecule has 2 atom stereocenters. The van der Waals surface area contributed by atoms with Gasteiger partial charge in [0.2, 0.25) is 0 Å². The van der Waals surface area contributed by atoms with Gasteiger partial charge in [0.15, 0.2) is 0 Å². The third-order valence-corrected chi connectivity index (χ3v) is 4.23. The first-order valence-electron chi connectivity index (χ1n) is 7.91. The Labute approximate surface area is 140 Å². The molecule has 128 valence electrons. The molecule has 0 saturated carbocycles. The molecule has 0 radical (unpaired) electrons. The maximum Gasteiger partial charge on any atom is 0.271 e. The van der Waals surface area contributed by atoms with E-state index in [1.54, 1.807) is 30.5 Å². The number of anilines is 1. The second kappa shape index (κ2) is 6.96. The number of rotatable bonds is 5. The summed E-state index contributed by atoms with van der Waals surface area (Å²) >= 11 is 0. The lowest BCUT2D eigenvalue weighted by Gasteiger charge is -2.25. The van der Waals surface area contributed by atoms with Crippen LogP contribution in [0, 0.1) is 6.92 Å². The van der Waals surface area contributed by atoms with E-state index in [-0.39, 0.29) is 18.1 Å². The minimum absolute atomic E-state index is 0.122. The van der Waals surface area contributed by atoms with Crippen molar-refractivity contribution in [1.82, 2.24) is 24.8 Å². The van der Waals surface area contributed by atoms with Crippen LogP contribution in [0.3, 0.4) is 0 Å². The van der Waals surface area contributed by atoms with Crippen LogP contribution in [-0.4, -0.2) is 57.8 Å². The zero-order valence-electron chi connectivity index (χ0n) is 14.1. The van der Waals surface area contributed by atoms with Crippen molar-refractivity contribution in [1.29, 1.82) is 0 Å². The Kier molecular flexibility index (Phi) is 4.75. The fourth-order valence-electron chi connectivity index (χ4n) is 2.95. The normalized spacial score (nSPS) is 20.4. The van der Waals surface area contributed by atoms with Gasteiger partial charge in [-0.1, -0.05) is 0 Å². The third kappa shape index (κ3) is 3.53. The van der Waals surface area contributed by atoms with E-state index in [0.29, 0.717) is 12.2 Å². The molecule has 0 spiro atoms. The minimum atomic E-state index is -0.171. The maximum atomic E-state index is 12.2. The number of hydrogen-bond acceptors (Lipinski definition) is 6. The van der Waals surface area contributed by atoms with Crippen LogP contribution >= 0.6 is 0 Å². The summed E-state index contributed by atoms with van der Waals surface area (Å²) in [5.74, 6) is 0.689. The summed E-state index contributed by atoms with van der Waals surface area (Å²) in [5, 5.41) is 2.96. The molecule has 8 heteroatoms. The van der Waals surface area contributed by atoms with Crippen molar-refractivity contribution in [2.75, 3.05) is 25.1 Å². The Hall–Kier alpha value is -2.48. The number of carbonyl (C=O) groups is 1. The molecule has 1 fully saturated rings. The number of nitrogens with zero attached hydrogens (tertiary/aromatic N) is 5. The first kappa shape index (κ1) is 16.4. The molecule has 2 aromatic rings. The highest BCUT2D eigenvalue weighted by Crippen LogP contribution is 2.25. The number of nitrogens with one attached hydrogen (secondary N) is 1. The third-order valence-electron chi connectivity index (χ3n) is 4.23. The highest BCUT2D eigenvalue weighted by molar-refractivity contribution is 5.92. The summed E-state index contributed by atoms with van der Waals surface area (Å²) in [7, 11) is 3.55. The summed E-state index contributed by atoms with van der Waals surface area (Å²) in [6.07, 6.45) is 5.84. The number of methoxy groups -OCH3 is 1. The van der Waals surface area contributed by atoms with Crippen LogP contribution in [0.4, 0.5) is 5.82 Å². The van der Waals surface area contributed by atoms with Crippen LogP contribution in [0.2, 0.25) is 0 Å². The van der Waals surface area contributed by atoms with Crippen molar-refractivity contribution in [3.63, 3.8) is 0 Å². The molecule has 0 bridgehead atoms. The Morgan fingerprint density at radius 2 is 2.25 bits per heavy atom. The van der Waals surface area contributed by atoms with Gasteiger partial charge in [-0.05, 0) is 13.3 Å². The first-order valence-corrected chi connectivity index (χ1v) is 7.91. The molecule has 2 aromatic heterocycles. The number of carbonyl (C=O) groups excluding carboxylic acids is 1. The van der Waals surface area contributed by atoms with Crippen LogP contribution in [-0.2, 0) is 11.8 Å². The Bertz CT molecular complexity index is 716. The van der Waals surface area contributed by atoms with Gasteiger partial charge in [0.1, 0.15) is 17.8 Å². The minimum Gasteiger partial charge on any atom is -0.380 e. The summed E-state index contributed by atoms with van der Waals surface area (Å²) < 4.78 is 7.26. The number of amides is 1. The van der Waals surface area contributed by atoms with Crippen LogP contribution in [0.15, 0.2) is 24.9 Å². The van der Waals surface area contributed by atoms with E-state index in [9.17, 15) is 4.79 Å². The fourth-order valence-corrected chi connectivity index (χ4v) is 2.95. The number of imidazole rings is 1. The highest BCUT2D eigenvalue weighted by atomic mass is 16.5. The molecular formula is C16H22N6O2. The molecule has 3 rings (SSSR count). The number of ether oxygens (including phenoxy) is 1. The molecular weight excluding hydrogens is 308 g/mol. The van der Waals surface area contributed by atoms with Crippen molar-refractivity contribution in [2.24, 2.45) is 7.05 Å². The highest BCUT2D eigenvalue weighted by Gasteiger charge is 2.33. The second-order valence-electron chi connectivity index (χ2n) is 6.05. The average molecular weight is 330 g/mol. The Morgan fingerprint density at radius 1 is 1.42 bits per heavy atom. The molecule has 1 amide bonds. The van der Waals surface area contributed by atoms with E-state index in [1.807, 2.05) is 20.0 Å². The van der Waals surface area contributed by atoms with Crippen molar-refractivity contribution in [3.8, 4) is 0 Å². The van der Waals surface area contributed by atoms with Gasteiger partial charge in [0.05, 0.1) is 18.5 Å². The topological polar surface area (TPSA) is 85.2 Å². The van der Waals surface area contributed by atoms with Crippen LogP contribution in [0.25, 0.3) is 0 Å². The van der Waals surface area contributed by atoms with Crippen molar-refractivity contribution >= 4 is 11.7 Å². The fraction of sp³-hybridized carbons (Fsp3) is 0.500. The SMILES string of the molecule is CO[C@H]1C[C@@H](CNC(=O)c2cn(C)cn2)N(c2cc(C)ncn2)C1. The molecule has 1 aliphatic heterocycles. The van der Waals surface area contributed by atoms with E-state index in [2.05, 4.69) is 25.2 Å². The quantitative estimate of drug-likeness (QED) is 0.861. The second-order valence-corrected chi connectivity index (χ2v) is 6.05. The first-order chi connectivity index (χ1) is 11.6. The molecule has 1 N–H and O–H groups in total. The Balaban J connectivity index is 1.68. The lowest BCUT2D eigenvalue weighted by Crippen LogP contribution is -2.40. The van der Waals surface area contributed by atoms with Crippen LogP contribution in [0.1, 0.15) is 22.6 Å². The Morgan fingerprint density at radius 3 is 2.92 bits per heavy atom. The van der Waals surface area contributed by atoms with Crippen molar-refractivity contribution < 1.29 is 9.53 Å². The molecule has 24 heavy (non-hydrogen) atoms. The van der Waals surface area contributed by atoms with Gasteiger partial charge in [-0.2, -0.15) is 0 Å². The number of aryl methyl sites for hydroxylation is 2. The van der Waals surface area contributed by atoms with Crippen molar-refractivity contribution in [2.45, 2.75) is 25.5 Å². The molecule has 0 aliphatic carbocycles. The van der Waals surface area contributed by atoms with Gasteiger partial charge < -0.3 is 19.5 Å². The lowest BCUT2D eigenvalue weighted by atomic mass is 10.2. The molecule has 0 unspecified atom stereocenters. The van der Waals surface area contributed by atoms with Gasteiger partial charge in [-0.3, -0.25) is 4.79 Å². The maximum absolute atomic E-state index is 12.2. The predicted octanol–water partition coefficient (Wildman–Crippen LogP) is 0.542. The molecule has 1 aliphatic rings. The van der Waals surface area contributed by atoms with Gasteiger partial charge >= 0.3 is 0 Å². The molecule has 0 aromatic carbocycles. The van der Waals surface area contributed by atoms with Gasteiger partial charge in [-0.15, -0.1) is 0 Å². The van der Waals surface area contributed by atoms with Crippen LogP contribution < -0.4 is 10.2 Å². The zero-order chi connectivity index (χ0) is 17.1. The summed E-state index contributed by atoms with van der Waals surface area (Å²) in [6, 6.07) is 2.07. The van der Waals surface area contributed by atoms with E-state index in [4.69, 9.17) is 4.74 Å². The van der Waals surface area contributed by atoms with Gasteiger partial charge in [0, 0.05) is 45.2 Å². The van der Waals surface area contributed by atoms with E-state index in [1.165, 1.54) is 0 Å². The van der Waals surface area contributed by atoms with Crippen molar-refractivity contribution in [3.05, 3.63) is 36.3 Å². The van der Waals surface area contributed by atoms with E-state index in [0.717, 1.165) is 24.5 Å². The van der Waals surface area contributed by atoms with Gasteiger partial charge in [0.25, 0.3) is 5.91 Å². The lowest BCUT2D eigenvalue weighted by molar-refractivity contribution is 0.0942. The average Bonchev–Trinajstić information content (AvgIpc) is 3.18. The largest absolute Gasteiger partial charge is 0.380 e. The zero-order valence-corrected chi connectivity index (χ0v) is 14.1. The summed E-state index contributed by atoms with van der Waals surface area (Å²) in [5.41, 5.74) is 1.33. The number of aromatic nitrogens is 4. The summed E-state index contributed by atoms with van der Waals surface area (Å²) in [4.78, 5) is 26.9. The molecule has 8 nitrogen and oxygen atoms in total. The standard InChI is InChI=1S/C16H22N6O2/c1-11-4-15(19-9-18-11)22-7-13(24-3)5-12(22)6-17-16(23)14-8-21(2)10-20-14/h4,8-10,12-13H,5-7H2,1-3H3,(H,17,23)/t12-,13-/m0/s1. The number of hydrogen-bond donors (Lipinski definition) is 1. The smallest absolute Gasteiger partial charge is 0.271 e. The molecule has 1 saturated heterocycles. The van der Waals surface area contributed by atoms with E-state index < -0.39 is 0 Å².